The average Bonchev–Trinajstić information content (AvgIpc) is 3.26. The third-order valence-corrected chi connectivity index (χ3v) is 5.67. The quantitative estimate of drug-likeness (QED) is 0.741. The monoisotopic (exact) mass is 393 g/mol. The first kappa shape index (κ1) is 19.5. The number of hydrogen-bond acceptors (Lipinski definition) is 5. The van der Waals surface area contributed by atoms with E-state index in [4.69, 9.17) is 0 Å². The topological polar surface area (TPSA) is 86.4 Å². The molecule has 1 aromatic carbocycles. The Kier molecular flexibility index (Phi) is 5.87. The second kappa shape index (κ2) is 8.71. The molecule has 1 aromatic heterocycles. The van der Waals surface area contributed by atoms with Crippen molar-refractivity contribution in [1.29, 1.82) is 0 Å². The maximum atomic E-state index is 13.0. The van der Waals surface area contributed by atoms with Crippen LogP contribution in [0.25, 0.3) is 0 Å². The number of hydrazine groups is 1. The summed E-state index contributed by atoms with van der Waals surface area (Å²) in [5.74, 6) is -0.158. The van der Waals surface area contributed by atoms with E-state index in [0.717, 1.165) is 29.8 Å². The number of likely N-dealkylation sites (tertiary alicyclic amines) is 1. The number of hydrogen-bond donors (Lipinski definition) is 3. The molecule has 3 unspecified atom stereocenters. The summed E-state index contributed by atoms with van der Waals surface area (Å²) in [5.41, 5.74) is 9.15. The Hall–Kier alpha value is -2.77. The first-order valence-electron chi connectivity index (χ1n) is 10.2. The van der Waals surface area contributed by atoms with Crippen LogP contribution in [-0.4, -0.2) is 40.8 Å². The number of rotatable bonds is 4. The lowest BCUT2D eigenvalue weighted by molar-refractivity contribution is -0.136. The van der Waals surface area contributed by atoms with Crippen molar-refractivity contribution in [2.24, 2.45) is 5.92 Å². The van der Waals surface area contributed by atoms with Crippen molar-refractivity contribution in [3.05, 3.63) is 59.9 Å². The van der Waals surface area contributed by atoms with Gasteiger partial charge in [-0.15, -0.1) is 0 Å². The van der Waals surface area contributed by atoms with E-state index in [-0.39, 0.29) is 29.8 Å². The van der Waals surface area contributed by atoms with E-state index in [1.54, 1.807) is 6.20 Å². The third kappa shape index (κ3) is 4.63. The minimum atomic E-state index is -0.305. The fourth-order valence-corrected chi connectivity index (χ4v) is 3.99. The zero-order valence-corrected chi connectivity index (χ0v) is 16.6. The van der Waals surface area contributed by atoms with Crippen molar-refractivity contribution in [1.82, 2.24) is 20.7 Å². The molecular formula is C22H27N5O2. The maximum Gasteiger partial charge on any atom is 0.241 e. The smallest absolute Gasteiger partial charge is 0.241 e. The van der Waals surface area contributed by atoms with Crippen LogP contribution in [-0.2, 0) is 9.59 Å². The number of pyridine rings is 1. The molecule has 3 atom stereocenters. The summed E-state index contributed by atoms with van der Waals surface area (Å²) in [4.78, 5) is 31.9. The van der Waals surface area contributed by atoms with Crippen LogP contribution in [0.5, 0.6) is 0 Å². The number of anilines is 1. The summed E-state index contributed by atoms with van der Waals surface area (Å²) in [7, 11) is 0. The molecular weight excluding hydrogens is 366 g/mol. The van der Waals surface area contributed by atoms with Crippen LogP contribution >= 0.6 is 0 Å². The van der Waals surface area contributed by atoms with Gasteiger partial charge in [-0.2, -0.15) is 0 Å². The molecule has 4 rings (SSSR count). The number of aryl methyl sites for hydroxylation is 1. The lowest BCUT2D eigenvalue weighted by Crippen LogP contribution is -2.50. The van der Waals surface area contributed by atoms with Crippen molar-refractivity contribution in [3.63, 3.8) is 0 Å². The number of benzene rings is 1. The van der Waals surface area contributed by atoms with Crippen molar-refractivity contribution >= 4 is 17.5 Å². The number of piperidine rings is 1. The molecule has 0 spiro atoms. The van der Waals surface area contributed by atoms with Gasteiger partial charge in [-0.1, -0.05) is 23.8 Å². The highest BCUT2D eigenvalue weighted by Crippen LogP contribution is 2.24. The molecule has 3 heterocycles. The first-order chi connectivity index (χ1) is 14.1. The molecule has 0 radical (unpaired) electrons. The zero-order chi connectivity index (χ0) is 20.2. The highest BCUT2D eigenvalue weighted by atomic mass is 16.2. The molecule has 29 heavy (non-hydrogen) atoms. The molecule has 152 valence electrons. The maximum absolute atomic E-state index is 13.0. The molecule has 2 fully saturated rings. The van der Waals surface area contributed by atoms with Gasteiger partial charge in [0.2, 0.25) is 11.8 Å². The van der Waals surface area contributed by atoms with E-state index in [1.165, 1.54) is 0 Å². The average molecular weight is 393 g/mol. The molecule has 0 aliphatic carbocycles. The number of nitrogens with one attached hydrogen (secondary N) is 3. The van der Waals surface area contributed by atoms with Gasteiger partial charge in [0.1, 0.15) is 6.04 Å². The van der Waals surface area contributed by atoms with Gasteiger partial charge in [0.25, 0.3) is 0 Å². The van der Waals surface area contributed by atoms with Crippen LogP contribution in [0.2, 0.25) is 0 Å². The fraction of sp³-hybridized carbons (Fsp3) is 0.409. The van der Waals surface area contributed by atoms with Gasteiger partial charge >= 0.3 is 0 Å². The van der Waals surface area contributed by atoms with Crippen LogP contribution in [0.4, 0.5) is 5.69 Å². The van der Waals surface area contributed by atoms with E-state index in [2.05, 4.69) is 21.2 Å². The van der Waals surface area contributed by atoms with Gasteiger partial charge in [0, 0.05) is 25.0 Å². The summed E-state index contributed by atoms with van der Waals surface area (Å²) in [5, 5.41) is 2.98. The van der Waals surface area contributed by atoms with Crippen LogP contribution in [0, 0.1) is 12.8 Å². The second-order valence-electron chi connectivity index (χ2n) is 7.86. The summed E-state index contributed by atoms with van der Waals surface area (Å²) < 4.78 is 0. The van der Waals surface area contributed by atoms with E-state index in [9.17, 15) is 9.59 Å². The Balaban J connectivity index is 1.33. The van der Waals surface area contributed by atoms with E-state index >= 15 is 0 Å². The summed E-state index contributed by atoms with van der Waals surface area (Å²) >= 11 is 0. The lowest BCUT2D eigenvalue weighted by Gasteiger charge is -2.33. The Morgan fingerprint density at radius 2 is 1.97 bits per heavy atom. The van der Waals surface area contributed by atoms with Crippen LogP contribution in [0.3, 0.4) is 0 Å². The van der Waals surface area contributed by atoms with E-state index in [0.29, 0.717) is 19.5 Å². The molecule has 0 bridgehead atoms. The highest BCUT2D eigenvalue weighted by molar-refractivity contribution is 5.93. The minimum Gasteiger partial charge on any atom is -0.341 e. The standard InChI is InChI=1S/C22H27N5O2/c1-15-7-9-17(10-8-15)24-21(28)16-5-4-12-27(14-16)22(29)20-13-19(25-26-20)18-6-2-3-11-23-18/h2-3,6-11,16,19-20,25-26H,4-5,12-14H2,1H3,(H,24,28). The number of aromatic nitrogens is 1. The van der Waals surface area contributed by atoms with Crippen molar-refractivity contribution < 1.29 is 9.59 Å². The molecule has 2 amide bonds. The number of carbonyl (C=O) groups is 2. The van der Waals surface area contributed by atoms with Gasteiger partial charge in [0.05, 0.1) is 17.7 Å². The molecule has 7 nitrogen and oxygen atoms in total. The summed E-state index contributed by atoms with van der Waals surface area (Å²) in [6.07, 6.45) is 4.04. The SMILES string of the molecule is Cc1ccc(NC(=O)C2CCCN(C(=O)C3CC(c4ccccn4)NN3)C2)cc1. The normalized spacial score (nSPS) is 24.3. The molecule has 7 heteroatoms. The number of amides is 2. The predicted molar refractivity (Wildman–Crippen MR) is 111 cm³/mol. The van der Waals surface area contributed by atoms with E-state index in [1.807, 2.05) is 54.3 Å². The van der Waals surface area contributed by atoms with Gasteiger partial charge in [-0.05, 0) is 50.5 Å². The second-order valence-corrected chi connectivity index (χ2v) is 7.86. The molecule has 2 aromatic rings. The van der Waals surface area contributed by atoms with Crippen LogP contribution in [0.1, 0.15) is 36.6 Å². The van der Waals surface area contributed by atoms with Gasteiger partial charge in [-0.3, -0.25) is 14.6 Å². The largest absolute Gasteiger partial charge is 0.341 e. The molecule has 3 N–H and O–H groups in total. The Bertz CT molecular complexity index is 855. The number of carbonyl (C=O) groups excluding carboxylic acids is 2. The zero-order valence-electron chi connectivity index (χ0n) is 16.6. The Labute approximate surface area is 170 Å². The molecule has 2 saturated heterocycles. The number of nitrogens with zero attached hydrogens (tertiary/aromatic N) is 2. The fourth-order valence-electron chi connectivity index (χ4n) is 3.99. The van der Waals surface area contributed by atoms with Gasteiger partial charge in [-0.25, -0.2) is 10.9 Å². The molecule has 2 aliphatic heterocycles. The van der Waals surface area contributed by atoms with Crippen molar-refractivity contribution in [3.8, 4) is 0 Å². The van der Waals surface area contributed by atoms with Crippen molar-refractivity contribution in [2.75, 3.05) is 18.4 Å². The third-order valence-electron chi connectivity index (χ3n) is 5.67. The van der Waals surface area contributed by atoms with E-state index < -0.39 is 0 Å². The highest BCUT2D eigenvalue weighted by Gasteiger charge is 2.36. The molecule has 0 saturated carbocycles. The Morgan fingerprint density at radius 1 is 1.14 bits per heavy atom. The predicted octanol–water partition coefficient (Wildman–Crippen LogP) is 2.17. The van der Waals surface area contributed by atoms with Crippen LogP contribution in [0.15, 0.2) is 48.7 Å². The summed E-state index contributed by atoms with van der Waals surface area (Å²) in [6, 6.07) is 13.3. The Morgan fingerprint density at radius 3 is 2.72 bits per heavy atom. The molecule has 2 aliphatic rings. The van der Waals surface area contributed by atoms with Crippen LogP contribution < -0.4 is 16.2 Å². The summed E-state index contributed by atoms with van der Waals surface area (Å²) in [6.45, 7) is 3.17. The lowest BCUT2D eigenvalue weighted by atomic mass is 9.95. The van der Waals surface area contributed by atoms with Crippen molar-refractivity contribution in [2.45, 2.75) is 38.3 Å². The minimum absolute atomic E-state index is 0.00979. The van der Waals surface area contributed by atoms with Gasteiger partial charge in [0.15, 0.2) is 0 Å². The first-order valence-corrected chi connectivity index (χ1v) is 10.2. The van der Waals surface area contributed by atoms with Gasteiger partial charge < -0.3 is 10.2 Å².